The van der Waals surface area contributed by atoms with Crippen LogP contribution < -0.4 is 15.5 Å². The van der Waals surface area contributed by atoms with Gasteiger partial charge in [-0.05, 0) is 49.4 Å². The van der Waals surface area contributed by atoms with Gasteiger partial charge in [-0.2, -0.15) is 0 Å². The average molecular weight is 381 g/mol. The number of rotatable bonds is 6. The smallest absolute Gasteiger partial charge is 0.319 e. The van der Waals surface area contributed by atoms with Crippen LogP contribution in [0, 0.1) is 5.92 Å². The summed E-state index contributed by atoms with van der Waals surface area (Å²) in [5.41, 5.74) is 2.91. The second kappa shape index (κ2) is 9.26. The van der Waals surface area contributed by atoms with Gasteiger partial charge in [0.1, 0.15) is 0 Å². The summed E-state index contributed by atoms with van der Waals surface area (Å²) in [4.78, 5) is 25.6. The van der Waals surface area contributed by atoms with Crippen molar-refractivity contribution < 1.29 is 14.7 Å². The number of nitrogens with one attached hydrogen (secondary N) is 2. The minimum Gasteiger partial charge on any atom is -0.481 e. The Labute approximate surface area is 165 Å². The Bertz CT molecular complexity index is 802. The molecule has 3 rings (SSSR count). The van der Waals surface area contributed by atoms with Crippen LogP contribution in [0.25, 0.3) is 0 Å². The lowest BCUT2D eigenvalue weighted by Crippen LogP contribution is -2.41. The molecule has 0 heterocycles. The molecule has 148 valence electrons. The van der Waals surface area contributed by atoms with E-state index >= 15 is 0 Å². The number of aliphatic carboxylic acids is 1. The minimum absolute atomic E-state index is 0.0229. The van der Waals surface area contributed by atoms with Crippen molar-refractivity contribution in [3.05, 3.63) is 60.2 Å². The van der Waals surface area contributed by atoms with Crippen LogP contribution in [0.5, 0.6) is 0 Å². The van der Waals surface area contributed by atoms with Crippen LogP contribution in [0.15, 0.2) is 54.6 Å². The van der Waals surface area contributed by atoms with E-state index in [9.17, 15) is 9.59 Å². The van der Waals surface area contributed by atoms with Crippen molar-refractivity contribution in [2.75, 3.05) is 17.3 Å². The summed E-state index contributed by atoms with van der Waals surface area (Å²) >= 11 is 0. The van der Waals surface area contributed by atoms with E-state index in [1.807, 2.05) is 49.5 Å². The molecule has 0 spiro atoms. The van der Waals surface area contributed by atoms with Crippen LogP contribution in [0.4, 0.5) is 16.2 Å². The monoisotopic (exact) mass is 381 g/mol. The van der Waals surface area contributed by atoms with Gasteiger partial charge in [0, 0.05) is 31.0 Å². The summed E-state index contributed by atoms with van der Waals surface area (Å²) in [7, 11) is 2.02. The molecule has 1 fully saturated rings. The molecule has 1 aliphatic rings. The molecule has 0 aliphatic heterocycles. The third kappa shape index (κ3) is 5.25. The fourth-order valence-corrected chi connectivity index (χ4v) is 3.64. The number of hydrogen-bond acceptors (Lipinski definition) is 3. The number of anilines is 2. The highest BCUT2D eigenvalue weighted by Gasteiger charge is 2.26. The second-order valence-electron chi connectivity index (χ2n) is 7.33. The van der Waals surface area contributed by atoms with Crippen molar-refractivity contribution in [1.82, 2.24) is 5.32 Å². The van der Waals surface area contributed by atoms with Gasteiger partial charge in [0.2, 0.25) is 0 Å². The Morgan fingerprint density at radius 1 is 1.00 bits per heavy atom. The quantitative estimate of drug-likeness (QED) is 0.704. The topological polar surface area (TPSA) is 81.7 Å². The molecule has 2 amide bonds. The minimum atomic E-state index is -0.737. The van der Waals surface area contributed by atoms with E-state index in [0.29, 0.717) is 32.2 Å². The van der Waals surface area contributed by atoms with E-state index in [0.717, 1.165) is 16.9 Å². The zero-order valence-electron chi connectivity index (χ0n) is 16.1. The largest absolute Gasteiger partial charge is 0.481 e. The number of carboxylic acids is 1. The predicted octanol–water partition coefficient (Wildman–Crippen LogP) is 4.09. The van der Waals surface area contributed by atoms with Gasteiger partial charge in [-0.1, -0.05) is 36.4 Å². The van der Waals surface area contributed by atoms with Crippen molar-refractivity contribution in [3.63, 3.8) is 0 Å². The molecule has 0 atom stereocenters. The maximum Gasteiger partial charge on any atom is 0.319 e. The Kier molecular flexibility index (Phi) is 6.53. The fraction of sp³-hybridized carbons (Fsp3) is 0.364. The van der Waals surface area contributed by atoms with Crippen molar-refractivity contribution in [2.45, 2.75) is 38.3 Å². The molecule has 0 radical (unpaired) electrons. The van der Waals surface area contributed by atoms with Crippen molar-refractivity contribution in [3.8, 4) is 0 Å². The Hall–Kier alpha value is -3.02. The Morgan fingerprint density at radius 3 is 2.32 bits per heavy atom. The van der Waals surface area contributed by atoms with Crippen LogP contribution >= 0.6 is 0 Å². The third-order valence-electron chi connectivity index (χ3n) is 5.28. The summed E-state index contributed by atoms with van der Waals surface area (Å²) in [6.07, 6.45) is 2.61. The van der Waals surface area contributed by atoms with Crippen LogP contribution in [-0.4, -0.2) is 30.2 Å². The van der Waals surface area contributed by atoms with Crippen molar-refractivity contribution >= 4 is 23.4 Å². The highest BCUT2D eigenvalue weighted by Crippen LogP contribution is 2.25. The highest BCUT2D eigenvalue weighted by atomic mass is 16.4. The predicted molar refractivity (Wildman–Crippen MR) is 111 cm³/mol. The lowest BCUT2D eigenvalue weighted by Gasteiger charge is -2.27. The van der Waals surface area contributed by atoms with Gasteiger partial charge < -0.3 is 20.6 Å². The van der Waals surface area contributed by atoms with Crippen LogP contribution in [-0.2, 0) is 11.3 Å². The van der Waals surface area contributed by atoms with E-state index in [1.165, 1.54) is 0 Å². The summed E-state index contributed by atoms with van der Waals surface area (Å²) in [5, 5.41) is 15.0. The van der Waals surface area contributed by atoms with Gasteiger partial charge in [-0.3, -0.25) is 4.79 Å². The average Bonchev–Trinajstić information content (AvgIpc) is 2.70. The number of carbonyl (C=O) groups is 2. The van der Waals surface area contributed by atoms with E-state index in [2.05, 4.69) is 27.7 Å². The number of para-hydroxylation sites is 2. The lowest BCUT2D eigenvalue weighted by molar-refractivity contribution is -0.142. The van der Waals surface area contributed by atoms with E-state index in [1.54, 1.807) is 0 Å². The number of urea groups is 1. The molecule has 6 nitrogen and oxygen atoms in total. The molecule has 2 aromatic carbocycles. The van der Waals surface area contributed by atoms with Crippen LogP contribution in [0.2, 0.25) is 0 Å². The molecule has 0 unspecified atom stereocenters. The van der Waals surface area contributed by atoms with E-state index in [-0.39, 0.29) is 18.0 Å². The molecule has 2 aromatic rings. The number of carbonyl (C=O) groups excluding carboxylic acids is 1. The maximum absolute atomic E-state index is 12.5. The van der Waals surface area contributed by atoms with Crippen LogP contribution in [0.3, 0.4) is 0 Å². The first-order valence-corrected chi connectivity index (χ1v) is 9.67. The second-order valence-corrected chi connectivity index (χ2v) is 7.33. The Morgan fingerprint density at radius 2 is 1.64 bits per heavy atom. The van der Waals surface area contributed by atoms with E-state index in [4.69, 9.17) is 5.11 Å². The number of hydrogen-bond donors (Lipinski definition) is 3. The molecule has 3 N–H and O–H groups in total. The maximum atomic E-state index is 12.5. The van der Waals surface area contributed by atoms with Gasteiger partial charge in [0.05, 0.1) is 5.92 Å². The zero-order valence-corrected chi connectivity index (χ0v) is 16.1. The number of carboxylic acid groups (broad SMARTS) is 1. The highest BCUT2D eigenvalue weighted by molar-refractivity contribution is 5.90. The van der Waals surface area contributed by atoms with Gasteiger partial charge in [0.25, 0.3) is 0 Å². The Balaban J connectivity index is 1.57. The normalized spacial score (nSPS) is 18.9. The SMILES string of the molecule is CN(Cc1ccccc1NC(=O)NC1CCC(C(=O)O)CC1)c1ccccc1. The molecule has 6 heteroatoms. The number of nitrogens with zero attached hydrogens (tertiary/aromatic N) is 1. The standard InChI is InChI=1S/C22H27N3O3/c1-25(19-8-3-2-4-9-19)15-17-7-5-6-10-20(17)24-22(28)23-18-13-11-16(12-14-18)21(26)27/h2-10,16,18H,11-15H2,1H3,(H,26,27)(H2,23,24,28). The van der Waals surface area contributed by atoms with Gasteiger partial charge >= 0.3 is 12.0 Å². The summed E-state index contributed by atoms with van der Waals surface area (Å²) < 4.78 is 0. The van der Waals surface area contributed by atoms with Crippen molar-refractivity contribution in [1.29, 1.82) is 0 Å². The number of benzene rings is 2. The summed E-state index contributed by atoms with van der Waals surface area (Å²) in [6.45, 7) is 0.671. The molecular formula is C22H27N3O3. The van der Waals surface area contributed by atoms with Crippen LogP contribution in [0.1, 0.15) is 31.2 Å². The molecule has 1 aliphatic carbocycles. The molecule has 0 aromatic heterocycles. The van der Waals surface area contributed by atoms with Gasteiger partial charge in [-0.25, -0.2) is 4.79 Å². The number of amides is 2. The first kappa shape index (κ1) is 19.7. The molecule has 28 heavy (non-hydrogen) atoms. The lowest BCUT2D eigenvalue weighted by atomic mass is 9.86. The molecular weight excluding hydrogens is 354 g/mol. The van der Waals surface area contributed by atoms with Gasteiger partial charge in [0.15, 0.2) is 0 Å². The third-order valence-corrected chi connectivity index (χ3v) is 5.28. The first-order chi connectivity index (χ1) is 13.5. The summed E-state index contributed by atoms with van der Waals surface area (Å²) in [6, 6.07) is 17.6. The molecule has 0 saturated heterocycles. The van der Waals surface area contributed by atoms with Gasteiger partial charge in [-0.15, -0.1) is 0 Å². The first-order valence-electron chi connectivity index (χ1n) is 9.67. The van der Waals surface area contributed by atoms with E-state index < -0.39 is 5.97 Å². The molecule has 1 saturated carbocycles. The van der Waals surface area contributed by atoms with Crippen molar-refractivity contribution in [2.24, 2.45) is 5.92 Å². The molecule has 0 bridgehead atoms. The summed E-state index contributed by atoms with van der Waals surface area (Å²) in [5.74, 6) is -1.02. The zero-order chi connectivity index (χ0) is 19.9. The fourth-order valence-electron chi connectivity index (χ4n) is 3.64.